The van der Waals surface area contributed by atoms with Gasteiger partial charge in [0.25, 0.3) is 5.91 Å². The lowest BCUT2D eigenvalue weighted by molar-refractivity contribution is -0.114. The first kappa shape index (κ1) is 19.4. The lowest BCUT2D eigenvalue weighted by atomic mass is 10.2. The second-order valence-corrected chi connectivity index (χ2v) is 6.49. The van der Waals surface area contributed by atoms with Crippen LogP contribution < -0.4 is 16.0 Å². The molecule has 0 radical (unpaired) electrons. The molecule has 2 amide bonds. The van der Waals surface area contributed by atoms with E-state index in [0.29, 0.717) is 22.9 Å². The summed E-state index contributed by atoms with van der Waals surface area (Å²) in [5.74, 6) is -0.410. The molecule has 3 N–H and O–H groups in total. The van der Waals surface area contributed by atoms with Crippen molar-refractivity contribution in [3.05, 3.63) is 83.1 Å². The van der Waals surface area contributed by atoms with Gasteiger partial charge >= 0.3 is 0 Å². The summed E-state index contributed by atoms with van der Waals surface area (Å²) in [6.45, 7) is 1.78. The second-order valence-electron chi connectivity index (χ2n) is 6.09. The Morgan fingerprint density at radius 1 is 0.964 bits per heavy atom. The van der Waals surface area contributed by atoms with E-state index >= 15 is 0 Å². The first-order chi connectivity index (χ1) is 13.5. The summed E-state index contributed by atoms with van der Waals surface area (Å²) in [6.07, 6.45) is 1.57. The number of carbonyl (C=O) groups excluding carboxylic acids is 2. The fourth-order valence-electron chi connectivity index (χ4n) is 2.55. The summed E-state index contributed by atoms with van der Waals surface area (Å²) in [4.78, 5) is 27.6. The summed E-state index contributed by atoms with van der Waals surface area (Å²) in [5.41, 5.74) is 3.40. The second kappa shape index (κ2) is 9.01. The smallest absolute Gasteiger partial charge is 0.270 e. The normalized spacial score (nSPS) is 10.2. The number of benzene rings is 2. The van der Waals surface area contributed by atoms with Crippen LogP contribution in [0, 0.1) is 0 Å². The van der Waals surface area contributed by atoms with Crippen LogP contribution in [0.2, 0.25) is 5.02 Å². The fraction of sp³-hybridized carbons (Fsp3) is 0.0952. The molecule has 0 aliphatic rings. The molecule has 0 fully saturated rings. The molecule has 0 aliphatic carbocycles. The molecular formula is C21H19ClN4O2. The molecule has 142 valence electrons. The number of halogens is 1. The third-order valence-electron chi connectivity index (χ3n) is 3.88. The lowest BCUT2D eigenvalue weighted by Gasteiger charge is -2.10. The number of hydrogen-bond acceptors (Lipinski definition) is 4. The summed E-state index contributed by atoms with van der Waals surface area (Å²) in [6, 6.07) is 18.0. The molecule has 0 aliphatic heterocycles. The van der Waals surface area contributed by atoms with Crippen LogP contribution in [-0.4, -0.2) is 16.8 Å². The average Bonchev–Trinajstić information content (AvgIpc) is 2.68. The standard InChI is InChI=1S/C21H19ClN4O2/c1-14(27)25-16-6-8-17(9-7-16)26-18-10-11-23-20(12-18)21(28)24-13-15-4-2-3-5-19(15)22/h2-12H,13H2,1H3,(H,23,26)(H,24,28)(H,25,27). The number of anilines is 3. The Morgan fingerprint density at radius 2 is 1.68 bits per heavy atom. The predicted molar refractivity (Wildman–Crippen MR) is 111 cm³/mol. The minimum absolute atomic E-state index is 0.123. The van der Waals surface area contributed by atoms with Gasteiger partial charge in [-0.15, -0.1) is 0 Å². The summed E-state index contributed by atoms with van der Waals surface area (Å²) in [7, 11) is 0. The van der Waals surface area contributed by atoms with Crippen molar-refractivity contribution in [2.75, 3.05) is 10.6 Å². The quantitative estimate of drug-likeness (QED) is 0.579. The van der Waals surface area contributed by atoms with Crippen molar-refractivity contribution in [2.24, 2.45) is 0 Å². The van der Waals surface area contributed by atoms with Gasteiger partial charge in [0, 0.05) is 41.8 Å². The van der Waals surface area contributed by atoms with Crippen LogP contribution in [0.1, 0.15) is 23.0 Å². The van der Waals surface area contributed by atoms with Crippen molar-refractivity contribution in [2.45, 2.75) is 13.5 Å². The van der Waals surface area contributed by atoms with E-state index in [2.05, 4.69) is 20.9 Å². The molecule has 2 aromatic carbocycles. The maximum absolute atomic E-state index is 12.4. The molecule has 3 rings (SSSR count). The number of pyridine rings is 1. The monoisotopic (exact) mass is 394 g/mol. The maximum atomic E-state index is 12.4. The molecule has 0 spiro atoms. The Bertz CT molecular complexity index is 990. The highest BCUT2D eigenvalue weighted by atomic mass is 35.5. The zero-order valence-electron chi connectivity index (χ0n) is 15.2. The number of rotatable bonds is 6. The van der Waals surface area contributed by atoms with E-state index in [-0.39, 0.29) is 11.8 Å². The van der Waals surface area contributed by atoms with Gasteiger partial charge in [0.1, 0.15) is 5.69 Å². The zero-order valence-corrected chi connectivity index (χ0v) is 16.0. The Hall–Kier alpha value is -3.38. The Kier molecular flexibility index (Phi) is 6.24. The van der Waals surface area contributed by atoms with Crippen LogP contribution in [0.5, 0.6) is 0 Å². The molecule has 0 bridgehead atoms. The van der Waals surface area contributed by atoms with E-state index in [1.807, 2.05) is 30.3 Å². The highest BCUT2D eigenvalue weighted by Crippen LogP contribution is 2.19. The number of hydrogen-bond donors (Lipinski definition) is 3. The summed E-state index contributed by atoms with van der Waals surface area (Å²) < 4.78 is 0. The fourth-order valence-corrected chi connectivity index (χ4v) is 2.75. The number of amides is 2. The van der Waals surface area contributed by atoms with Gasteiger partial charge in [0.15, 0.2) is 0 Å². The van der Waals surface area contributed by atoms with Crippen LogP contribution in [0.4, 0.5) is 17.1 Å². The highest BCUT2D eigenvalue weighted by molar-refractivity contribution is 6.31. The molecule has 28 heavy (non-hydrogen) atoms. The van der Waals surface area contributed by atoms with Crippen molar-refractivity contribution in [3.63, 3.8) is 0 Å². The molecule has 1 heterocycles. The molecule has 7 heteroatoms. The first-order valence-corrected chi connectivity index (χ1v) is 9.01. The molecule has 0 unspecified atom stereocenters. The minimum atomic E-state index is -0.287. The van der Waals surface area contributed by atoms with E-state index in [1.54, 1.807) is 36.5 Å². The lowest BCUT2D eigenvalue weighted by Crippen LogP contribution is -2.24. The van der Waals surface area contributed by atoms with Gasteiger partial charge in [0.05, 0.1) is 0 Å². The van der Waals surface area contributed by atoms with Crippen LogP contribution in [-0.2, 0) is 11.3 Å². The third-order valence-corrected chi connectivity index (χ3v) is 4.25. The molecule has 3 aromatic rings. The summed E-state index contributed by atoms with van der Waals surface area (Å²) in [5, 5.41) is 9.35. The third kappa shape index (κ3) is 5.31. The predicted octanol–water partition coefficient (Wildman–Crippen LogP) is 4.37. The van der Waals surface area contributed by atoms with E-state index in [4.69, 9.17) is 11.6 Å². The van der Waals surface area contributed by atoms with Gasteiger partial charge in [-0.25, -0.2) is 0 Å². The Morgan fingerprint density at radius 3 is 2.39 bits per heavy atom. The van der Waals surface area contributed by atoms with Crippen molar-refractivity contribution in [3.8, 4) is 0 Å². The molecule has 1 aromatic heterocycles. The van der Waals surface area contributed by atoms with Crippen LogP contribution >= 0.6 is 11.6 Å². The average molecular weight is 395 g/mol. The SMILES string of the molecule is CC(=O)Nc1ccc(Nc2ccnc(C(=O)NCc3ccccc3Cl)c2)cc1. The number of carbonyl (C=O) groups is 2. The molecular weight excluding hydrogens is 376 g/mol. The van der Waals surface area contributed by atoms with Gasteiger partial charge in [-0.05, 0) is 48.0 Å². The van der Waals surface area contributed by atoms with Crippen molar-refractivity contribution < 1.29 is 9.59 Å². The minimum Gasteiger partial charge on any atom is -0.355 e. The topological polar surface area (TPSA) is 83.1 Å². The van der Waals surface area contributed by atoms with Gasteiger partial charge in [-0.3, -0.25) is 14.6 Å². The number of nitrogens with zero attached hydrogens (tertiary/aromatic N) is 1. The van der Waals surface area contributed by atoms with Gasteiger partial charge in [-0.2, -0.15) is 0 Å². The first-order valence-electron chi connectivity index (χ1n) is 8.63. The zero-order chi connectivity index (χ0) is 19.9. The van der Waals surface area contributed by atoms with Gasteiger partial charge < -0.3 is 16.0 Å². The molecule has 0 atom stereocenters. The number of nitrogens with one attached hydrogen (secondary N) is 3. The van der Waals surface area contributed by atoms with E-state index in [0.717, 1.165) is 16.9 Å². The van der Waals surface area contributed by atoms with E-state index in [9.17, 15) is 9.59 Å². The van der Waals surface area contributed by atoms with Gasteiger partial charge in [0.2, 0.25) is 5.91 Å². The van der Waals surface area contributed by atoms with Crippen molar-refractivity contribution in [1.82, 2.24) is 10.3 Å². The van der Waals surface area contributed by atoms with Crippen LogP contribution in [0.15, 0.2) is 66.9 Å². The number of aromatic nitrogens is 1. The van der Waals surface area contributed by atoms with Crippen LogP contribution in [0.25, 0.3) is 0 Å². The largest absolute Gasteiger partial charge is 0.355 e. The highest BCUT2D eigenvalue weighted by Gasteiger charge is 2.09. The van der Waals surface area contributed by atoms with Crippen molar-refractivity contribution >= 4 is 40.5 Å². The Balaban J connectivity index is 1.64. The summed E-state index contributed by atoms with van der Waals surface area (Å²) >= 11 is 6.11. The van der Waals surface area contributed by atoms with Gasteiger partial charge in [-0.1, -0.05) is 29.8 Å². The maximum Gasteiger partial charge on any atom is 0.270 e. The molecule has 0 saturated carbocycles. The van der Waals surface area contributed by atoms with E-state index < -0.39 is 0 Å². The molecule has 6 nitrogen and oxygen atoms in total. The van der Waals surface area contributed by atoms with Crippen molar-refractivity contribution in [1.29, 1.82) is 0 Å². The van der Waals surface area contributed by atoms with E-state index in [1.165, 1.54) is 6.92 Å². The Labute approximate surface area is 168 Å². The molecule has 0 saturated heterocycles. The van der Waals surface area contributed by atoms with Crippen LogP contribution in [0.3, 0.4) is 0 Å².